The van der Waals surface area contributed by atoms with Crippen molar-refractivity contribution in [3.63, 3.8) is 0 Å². The van der Waals surface area contributed by atoms with Crippen LogP contribution in [0.2, 0.25) is 0 Å². The van der Waals surface area contributed by atoms with Gasteiger partial charge in [0.2, 0.25) is 0 Å². The van der Waals surface area contributed by atoms with Crippen molar-refractivity contribution < 1.29 is 10.2 Å². The van der Waals surface area contributed by atoms with E-state index in [1.54, 1.807) is 12.1 Å². The van der Waals surface area contributed by atoms with Gasteiger partial charge < -0.3 is 10.2 Å². The van der Waals surface area contributed by atoms with Crippen LogP contribution in [0.3, 0.4) is 0 Å². The number of phenols is 2. The molecule has 0 heterocycles. The first-order valence-electron chi connectivity index (χ1n) is 11.0. The first kappa shape index (κ1) is 21.7. The molecule has 0 spiro atoms. The Morgan fingerprint density at radius 1 is 0.438 bits per heavy atom. The molecule has 0 fully saturated rings. The average molecular weight is 423 g/mol. The monoisotopic (exact) mass is 422 g/mol. The minimum absolute atomic E-state index is 0.155. The summed E-state index contributed by atoms with van der Waals surface area (Å²) in [7, 11) is 0. The van der Waals surface area contributed by atoms with E-state index in [-0.39, 0.29) is 22.3 Å². The predicted octanol–water partition coefficient (Wildman–Crippen LogP) is 7.42. The summed E-state index contributed by atoms with van der Waals surface area (Å²) in [5.74, 6) is 0.310. The summed E-state index contributed by atoms with van der Waals surface area (Å²) in [6.45, 7) is 8.70. The average Bonchev–Trinajstić information content (AvgIpc) is 2.81. The largest absolute Gasteiger partial charge is 0.507 e. The Balaban J connectivity index is 1.83. The van der Waals surface area contributed by atoms with E-state index in [4.69, 9.17) is 0 Å². The van der Waals surface area contributed by atoms with Gasteiger partial charge in [-0.2, -0.15) is 0 Å². The van der Waals surface area contributed by atoms with Gasteiger partial charge in [-0.1, -0.05) is 100 Å². The predicted molar refractivity (Wildman–Crippen MR) is 132 cm³/mol. The van der Waals surface area contributed by atoms with Gasteiger partial charge in [-0.15, -0.1) is 0 Å². The molecule has 0 aromatic heterocycles. The van der Waals surface area contributed by atoms with Gasteiger partial charge in [0.05, 0.1) is 0 Å². The topological polar surface area (TPSA) is 40.5 Å². The normalized spacial score (nSPS) is 12.0. The first-order valence-corrected chi connectivity index (χ1v) is 11.0. The van der Waals surface area contributed by atoms with Gasteiger partial charge in [0, 0.05) is 22.0 Å². The molecule has 0 amide bonds. The van der Waals surface area contributed by atoms with Gasteiger partial charge in [-0.05, 0) is 46.5 Å². The number of benzene rings is 4. The lowest BCUT2D eigenvalue weighted by molar-refractivity contribution is 0.468. The molecule has 0 bridgehead atoms. The van der Waals surface area contributed by atoms with Gasteiger partial charge in [0.15, 0.2) is 0 Å². The van der Waals surface area contributed by atoms with Crippen LogP contribution in [0.15, 0.2) is 97.1 Å². The number of aromatic hydroxyl groups is 2. The van der Waals surface area contributed by atoms with Crippen molar-refractivity contribution in [2.45, 2.75) is 38.5 Å². The highest BCUT2D eigenvalue weighted by Gasteiger charge is 2.27. The van der Waals surface area contributed by atoms with E-state index < -0.39 is 0 Å². The lowest BCUT2D eigenvalue weighted by atomic mass is 9.76. The summed E-state index contributed by atoms with van der Waals surface area (Å²) in [5.41, 5.74) is 5.30. The summed E-state index contributed by atoms with van der Waals surface area (Å²) in [6.07, 6.45) is 0. The molecule has 32 heavy (non-hydrogen) atoms. The van der Waals surface area contributed by atoms with Crippen molar-refractivity contribution in [1.82, 2.24) is 0 Å². The molecule has 0 radical (unpaired) electrons. The fraction of sp³-hybridized carbons (Fsp3) is 0.200. The zero-order valence-electron chi connectivity index (χ0n) is 19.1. The van der Waals surface area contributed by atoms with Crippen molar-refractivity contribution in [2.24, 2.45) is 0 Å². The Labute approximate surface area is 190 Å². The smallest absolute Gasteiger partial charge is 0.123 e. The van der Waals surface area contributed by atoms with Crippen molar-refractivity contribution in [3.05, 3.63) is 119 Å². The van der Waals surface area contributed by atoms with E-state index in [0.717, 1.165) is 11.1 Å². The summed E-state index contributed by atoms with van der Waals surface area (Å²) in [5, 5.41) is 21.5. The minimum Gasteiger partial charge on any atom is -0.507 e. The highest BCUT2D eigenvalue weighted by Crippen LogP contribution is 2.42. The van der Waals surface area contributed by atoms with Crippen molar-refractivity contribution >= 4 is 0 Å². The second-order valence-corrected chi connectivity index (χ2v) is 9.45. The summed E-state index contributed by atoms with van der Waals surface area (Å²) >= 11 is 0. The maximum atomic E-state index is 10.7. The highest BCUT2D eigenvalue weighted by atomic mass is 16.3. The minimum atomic E-state index is -0.250. The Morgan fingerprint density at radius 2 is 0.781 bits per heavy atom. The molecule has 0 aliphatic carbocycles. The molecule has 2 heteroatoms. The molecule has 0 atom stereocenters. The second-order valence-electron chi connectivity index (χ2n) is 9.45. The number of phenolic OH excluding ortho intramolecular Hbond substituents is 2. The molecule has 2 N–H and O–H groups in total. The van der Waals surface area contributed by atoms with Crippen molar-refractivity contribution in [2.75, 3.05) is 0 Å². The molecule has 4 aromatic carbocycles. The van der Waals surface area contributed by atoms with Gasteiger partial charge in [0.25, 0.3) is 0 Å². The molecular formula is C30H30O2. The third-order valence-electron chi connectivity index (χ3n) is 6.72. The lowest BCUT2D eigenvalue weighted by Gasteiger charge is -2.28. The molecule has 0 aliphatic heterocycles. The molecule has 2 nitrogen and oxygen atoms in total. The van der Waals surface area contributed by atoms with Crippen LogP contribution in [0, 0.1) is 0 Å². The van der Waals surface area contributed by atoms with Gasteiger partial charge >= 0.3 is 0 Å². The van der Waals surface area contributed by atoms with E-state index in [0.29, 0.717) is 11.1 Å². The van der Waals surface area contributed by atoms with Crippen LogP contribution in [0.1, 0.15) is 49.9 Å². The fourth-order valence-corrected chi connectivity index (χ4v) is 4.32. The van der Waals surface area contributed by atoms with E-state index in [1.807, 2.05) is 60.7 Å². The van der Waals surface area contributed by atoms with Crippen molar-refractivity contribution in [3.8, 4) is 22.6 Å². The Morgan fingerprint density at radius 3 is 1.12 bits per heavy atom. The Bertz CT molecular complexity index is 1120. The van der Waals surface area contributed by atoms with Gasteiger partial charge in [-0.25, -0.2) is 0 Å². The summed E-state index contributed by atoms with van der Waals surface area (Å²) in [6, 6.07) is 32.0. The third-order valence-corrected chi connectivity index (χ3v) is 6.72. The zero-order chi connectivity index (χ0) is 22.9. The Hall–Kier alpha value is -3.52. The van der Waals surface area contributed by atoms with Crippen LogP contribution in [0.4, 0.5) is 0 Å². The lowest BCUT2D eigenvalue weighted by Crippen LogP contribution is -2.19. The van der Waals surface area contributed by atoms with Crippen LogP contribution < -0.4 is 0 Å². The van der Waals surface area contributed by atoms with Crippen LogP contribution >= 0.6 is 0 Å². The molecule has 0 aliphatic rings. The number of hydrogen-bond donors (Lipinski definition) is 2. The third kappa shape index (κ3) is 3.89. The molecule has 4 rings (SSSR count). The van der Waals surface area contributed by atoms with Gasteiger partial charge in [-0.3, -0.25) is 0 Å². The molecule has 0 unspecified atom stereocenters. The molecule has 0 saturated carbocycles. The number of rotatable bonds is 5. The number of hydrogen-bond acceptors (Lipinski definition) is 2. The quantitative estimate of drug-likeness (QED) is 0.351. The van der Waals surface area contributed by atoms with Crippen LogP contribution in [-0.4, -0.2) is 10.2 Å². The maximum Gasteiger partial charge on any atom is 0.123 e. The molecule has 4 aromatic rings. The summed E-state index contributed by atoms with van der Waals surface area (Å²) < 4.78 is 0. The first-order chi connectivity index (χ1) is 15.2. The molecule has 0 saturated heterocycles. The van der Waals surface area contributed by atoms with Crippen LogP contribution in [0.5, 0.6) is 11.5 Å². The second kappa shape index (κ2) is 8.20. The van der Waals surface area contributed by atoms with Crippen LogP contribution in [0.25, 0.3) is 11.1 Å². The maximum absolute atomic E-state index is 10.7. The van der Waals surface area contributed by atoms with Gasteiger partial charge in [0.1, 0.15) is 11.5 Å². The standard InChI is InChI=1S/C30H30O2/c1-29(2,21-11-7-5-8-12-21)23-15-17-27(31)25(19-23)26-20-24(16-18-28(26)32)30(3,4)22-13-9-6-10-14-22/h5-20,31-32H,1-4H3. The van der Waals surface area contributed by atoms with E-state index >= 15 is 0 Å². The fourth-order valence-electron chi connectivity index (χ4n) is 4.32. The Kier molecular flexibility index (Phi) is 5.56. The van der Waals surface area contributed by atoms with E-state index in [2.05, 4.69) is 52.0 Å². The van der Waals surface area contributed by atoms with E-state index in [9.17, 15) is 10.2 Å². The summed E-state index contributed by atoms with van der Waals surface area (Å²) in [4.78, 5) is 0. The highest BCUT2D eigenvalue weighted by molar-refractivity contribution is 5.77. The van der Waals surface area contributed by atoms with E-state index in [1.165, 1.54) is 11.1 Å². The van der Waals surface area contributed by atoms with Crippen LogP contribution in [-0.2, 0) is 10.8 Å². The SMILES string of the molecule is CC(C)(c1ccccc1)c1ccc(O)c(-c2cc(C(C)(C)c3ccccc3)ccc2O)c1. The molecule has 162 valence electrons. The van der Waals surface area contributed by atoms with Crippen molar-refractivity contribution in [1.29, 1.82) is 0 Å². The zero-order valence-corrected chi connectivity index (χ0v) is 19.1. The molecular weight excluding hydrogens is 392 g/mol.